The lowest BCUT2D eigenvalue weighted by Gasteiger charge is -2.37. The molecule has 1 aromatic carbocycles. The topological polar surface area (TPSA) is 67.9 Å². The SMILES string of the molecule is CCOP(=O)(OCC)C1N(C(=O)Nc2ccc(C)c(Cl)c2)C(C(C)C)SC1(C)C. The van der Waals surface area contributed by atoms with Gasteiger partial charge in [0.1, 0.15) is 0 Å². The molecule has 0 aromatic heterocycles. The fourth-order valence-corrected chi connectivity index (χ4v) is 8.21. The van der Waals surface area contributed by atoms with Crippen molar-refractivity contribution in [1.82, 2.24) is 4.90 Å². The van der Waals surface area contributed by atoms with Gasteiger partial charge in [0.25, 0.3) is 0 Å². The van der Waals surface area contributed by atoms with Crippen LogP contribution in [0.4, 0.5) is 10.5 Å². The average molecular weight is 463 g/mol. The van der Waals surface area contributed by atoms with E-state index in [1.807, 2.05) is 40.7 Å². The Kier molecular flexibility index (Phi) is 8.13. The average Bonchev–Trinajstić information content (AvgIpc) is 2.91. The van der Waals surface area contributed by atoms with Crippen LogP contribution in [0.25, 0.3) is 0 Å². The molecule has 9 heteroatoms. The van der Waals surface area contributed by atoms with Gasteiger partial charge in [-0.05, 0) is 58.2 Å². The second-order valence-electron chi connectivity index (χ2n) is 7.91. The first-order valence-electron chi connectivity index (χ1n) is 9.89. The number of halogens is 1. The molecule has 6 nitrogen and oxygen atoms in total. The number of hydrogen-bond donors (Lipinski definition) is 1. The van der Waals surface area contributed by atoms with Crippen LogP contribution in [-0.4, -0.2) is 40.0 Å². The van der Waals surface area contributed by atoms with Crippen LogP contribution < -0.4 is 5.32 Å². The van der Waals surface area contributed by atoms with Crippen molar-refractivity contribution in [2.45, 2.75) is 64.4 Å². The summed E-state index contributed by atoms with van der Waals surface area (Å²) in [5.74, 6) is -0.568. The van der Waals surface area contributed by atoms with Crippen LogP contribution in [0.3, 0.4) is 0 Å². The number of anilines is 1. The zero-order valence-corrected chi connectivity index (χ0v) is 20.7. The fourth-order valence-electron chi connectivity index (χ4n) is 3.52. The zero-order valence-electron chi connectivity index (χ0n) is 18.2. The molecule has 2 unspecified atom stereocenters. The molecule has 0 spiro atoms. The van der Waals surface area contributed by atoms with Gasteiger partial charge in [0.05, 0.1) is 18.6 Å². The molecule has 2 amide bonds. The van der Waals surface area contributed by atoms with E-state index in [1.54, 1.807) is 42.6 Å². The van der Waals surface area contributed by atoms with Crippen LogP contribution in [0.15, 0.2) is 18.2 Å². The molecule has 164 valence electrons. The van der Waals surface area contributed by atoms with Crippen LogP contribution in [-0.2, 0) is 13.6 Å². The summed E-state index contributed by atoms with van der Waals surface area (Å²) in [5, 5.41) is 3.32. The van der Waals surface area contributed by atoms with Gasteiger partial charge < -0.3 is 14.4 Å². The first-order valence-corrected chi connectivity index (χ1v) is 12.8. The van der Waals surface area contributed by atoms with Gasteiger partial charge in [-0.25, -0.2) is 4.79 Å². The third kappa shape index (κ3) is 5.31. The Hall–Kier alpha value is -0.720. The number of hydrogen-bond acceptors (Lipinski definition) is 5. The number of benzene rings is 1. The Bertz CT molecular complexity index is 780. The fraction of sp³-hybridized carbons (Fsp3) is 0.650. The van der Waals surface area contributed by atoms with Crippen molar-refractivity contribution < 1.29 is 18.4 Å². The van der Waals surface area contributed by atoms with Crippen molar-refractivity contribution >= 4 is 42.7 Å². The number of nitrogens with one attached hydrogen (secondary N) is 1. The predicted octanol–water partition coefficient (Wildman–Crippen LogP) is 6.58. The van der Waals surface area contributed by atoms with Crippen LogP contribution >= 0.6 is 31.0 Å². The van der Waals surface area contributed by atoms with E-state index in [0.717, 1.165) is 5.56 Å². The number of amides is 2. The lowest BCUT2D eigenvalue weighted by atomic mass is 10.1. The molecule has 1 aliphatic rings. The lowest BCUT2D eigenvalue weighted by Crippen LogP contribution is -2.49. The molecular weight excluding hydrogens is 431 g/mol. The highest BCUT2D eigenvalue weighted by atomic mass is 35.5. The number of carbonyl (C=O) groups is 1. The Morgan fingerprint density at radius 1 is 1.31 bits per heavy atom. The molecule has 1 fully saturated rings. The van der Waals surface area contributed by atoms with Crippen LogP contribution in [0.1, 0.15) is 47.1 Å². The van der Waals surface area contributed by atoms with Crippen molar-refractivity contribution in [3.8, 4) is 0 Å². The van der Waals surface area contributed by atoms with Crippen molar-refractivity contribution in [2.24, 2.45) is 5.92 Å². The number of thioether (sulfide) groups is 1. The number of nitrogens with zero attached hydrogens (tertiary/aromatic N) is 1. The molecule has 1 heterocycles. The Morgan fingerprint density at radius 2 is 1.90 bits per heavy atom. The molecule has 2 rings (SSSR count). The van der Waals surface area contributed by atoms with Gasteiger partial charge in [-0.1, -0.05) is 31.5 Å². The summed E-state index contributed by atoms with van der Waals surface area (Å²) in [6.07, 6.45) is 0. The first kappa shape index (κ1) is 24.5. The van der Waals surface area contributed by atoms with Crippen LogP contribution in [0.5, 0.6) is 0 Å². The van der Waals surface area contributed by atoms with Crippen molar-refractivity contribution in [3.63, 3.8) is 0 Å². The lowest BCUT2D eigenvalue weighted by molar-refractivity contribution is 0.153. The van der Waals surface area contributed by atoms with Crippen molar-refractivity contribution in [1.29, 1.82) is 0 Å². The monoisotopic (exact) mass is 462 g/mol. The number of urea groups is 1. The largest absolute Gasteiger partial charge is 0.354 e. The van der Waals surface area contributed by atoms with E-state index in [2.05, 4.69) is 5.32 Å². The molecule has 1 aromatic rings. The summed E-state index contributed by atoms with van der Waals surface area (Å²) in [6.45, 7) is 14.0. The zero-order chi connectivity index (χ0) is 22.0. The highest BCUT2D eigenvalue weighted by Gasteiger charge is 2.59. The van der Waals surface area contributed by atoms with E-state index in [1.165, 1.54) is 0 Å². The van der Waals surface area contributed by atoms with Gasteiger partial charge in [0.15, 0.2) is 5.78 Å². The number of rotatable bonds is 7. The normalized spacial score (nSPS) is 21.6. The van der Waals surface area contributed by atoms with E-state index in [0.29, 0.717) is 10.7 Å². The van der Waals surface area contributed by atoms with E-state index in [-0.39, 0.29) is 30.5 Å². The maximum Gasteiger partial charge on any atom is 0.354 e. The highest BCUT2D eigenvalue weighted by molar-refractivity contribution is 8.01. The third-order valence-electron chi connectivity index (χ3n) is 4.73. The molecule has 0 bridgehead atoms. The minimum absolute atomic E-state index is 0.147. The maximum absolute atomic E-state index is 13.8. The quantitative estimate of drug-likeness (QED) is 0.463. The predicted molar refractivity (Wildman–Crippen MR) is 122 cm³/mol. The molecule has 1 aliphatic heterocycles. The Morgan fingerprint density at radius 3 is 2.38 bits per heavy atom. The standard InChI is InChI=1S/C20H32ClN2O4PS/c1-8-26-28(25,27-9-2)18-20(6,7)29-17(13(3)4)23(18)19(24)22-15-11-10-14(5)16(21)12-15/h10-13,17-18H,8-9H2,1-7H3,(H,22,24). The molecule has 0 saturated carbocycles. The van der Waals surface area contributed by atoms with Gasteiger partial charge in [-0.3, -0.25) is 9.46 Å². The smallest absolute Gasteiger partial charge is 0.308 e. The van der Waals surface area contributed by atoms with E-state index < -0.39 is 18.1 Å². The first-order chi connectivity index (χ1) is 13.5. The second kappa shape index (κ2) is 9.61. The Balaban J connectivity index is 2.46. The molecular formula is C20H32ClN2O4PS. The summed E-state index contributed by atoms with van der Waals surface area (Å²) in [7, 11) is -3.58. The summed E-state index contributed by atoms with van der Waals surface area (Å²) in [4.78, 5) is 15.1. The van der Waals surface area contributed by atoms with Gasteiger partial charge in [-0.15, -0.1) is 11.8 Å². The highest BCUT2D eigenvalue weighted by Crippen LogP contribution is 2.65. The third-order valence-corrected chi connectivity index (χ3v) is 9.88. The minimum Gasteiger partial charge on any atom is -0.308 e. The molecule has 1 N–H and O–H groups in total. The summed E-state index contributed by atoms with van der Waals surface area (Å²) in [6, 6.07) is 5.03. The summed E-state index contributed by atoms with van der Waals surface area (Å²) >= 11 is 7.83. The Labute approximate surface area is 183 Å². The summed E-state index contributed by atoms with van der Waals surface area (Å²) < 4.78 is 24.6. The van der Waals surface area contributed by atoms with Crippen molar-refractivity contribution in [3.05, 3.63) is 28.8 Å². The molecule has 2 atom stereocenters. The van der Waals surface area contributed by atoms with Gasteiger partial charge >= 0.3 is 13.6 Å². The molecule has 0 radical (unpaired) electrons. The summed E-state index contributed by atoms with van der Waals surface area (Å²) in [5.41, 5.74) is 1.52. The van der Waals surface area contributed by atoms with E-state index >= 15 is 0 Å². The van der Waals surface area contributed by atoms with Crippen LogP contribution in [0, 0.1) is 12.8 Å². The van der Waals surface area contributed by atoms with E-state index in [4.69, 9.17) is 20.6 Å². The van der Waals surface area contributed by atoms with Gasteiger partial charge in [-0.2, -0.15) is 0 Å². The van der Waals surface area contributed by atoms with Gasteiger partial charge in [0, 0.05) is 15.5 Å². The second-order valence-corrected chi connectivity index (χ2v) is 12.2. The maximum atomic E-state index is 13.8. The molecule has 0 aliphatic carbocycles. The van der Waals surface area contributed by atoms with E-state index in [9.17, 15) is 9.36 Å². The number of carbonyl (C=O) groups excluding carboxylic acids is 1. The minimum atomic E-state index is -3.58. The molecule has 29 heavy (non-hydrogen) atoms. The van der Waals surface area contributed by atoms with Gasteiger partial charge in [0.2, 0.25) is 0 Å². The van der Waals surface area contributed by atoms with Crippen LogP contribution in [0.2, 0.25) is 5.02 Å². The number of aryl methyl sites for hydroxylation is 1. The molecule has 1 saturated heterocycles. The van der Waals surface area contributed by atoms with Crippen molar-refractivity contribution in [2.75, 3.05) is 18.5 Å².